The van der Waals surface area contributed by atoms with E-state index in [0.717, 1.165) is 0 Å². The molecule has 1 aliphatic carbocycles. The molecule has 0 unspecified atom stereocenters. The maximum atomic E-state index is 10.6. The molecule has 0 amide bonds. The van der Waals surface area contributed by atoms with Gasteiger partial charge < -0.3 is 0 Å². The highest BCUT2D eigenvalue weighted by Gasteiger charge is 2.47. The smallest absolute Gasteiger partial charge is 0.118 e. The zero-order valence-corrected chi connectivity index (χ0v) is 6.60. The van der Waals surface area contributed by atoms with Gasteiger partial charge >= 0.3 is 8.25 Å². The highest BCUT2D eigenvalue weighted by Crippen LogP contribution is 2.48. The second-order valence-electron chi connectivity index (χ2n) is 3.12. The monoisotopic (exact) mass is 161 g/mol. The van der Waals surface area contributed by atoms with Crippen LogP contribution in [0.3, 0.4) is 0 Å². The lowest BCUT2D eigenvalue weighted by atomic mass is 9.70. The molecule has 1 heterocycles. The van der Waals surface area contributed by atoms with Crippen LogP contribution in [0.5, 0.6) is 0 Å². The van der Waals surface area contributed by atoms with Gasteiger partial charge in [0.2, 0.25) is 0 Å². The normalized spacial score (nSPS) is 30.2. The summed E-state index contributed by atoms with van der Waals surface area (Å²) in [6.45, 7) is 1.28. The first-order chi connectivity index (χ1) is 4.81. The van der Waals surface area contributed by atoms with Gasteiger partial charge in [-0.15, -0.1) is 9.05 Å². The number of rotatable bonds is 0. The largest absolute Gasteiger partial charge is 0.697 e. The fourth-order valence-corrected chi connectivity index (χ4v) is 2.26. The van der Waals surface area contributed by atoms with Crippen LogP contribution in [-0.4, -0.2) is 13.2 Å². The molecule has 4 heteroatoms. The predicted molar refractivity (Wildman–Crippen MR) is 35.8 cm³/mol. The van der Waals surface area contributed by atoms with E-state index in [4.69, 9.17) is 9.05 Å². The van der Waals surface area contributed by atoms with E-state index in [0.29, 0.717) is 13.2 Å². The van der Waals surface area contributed by atoms with Gasteiger partial charge in [0, 0.05) is 9.98 Å². The summed E-state index contributed by atoms with van der Waals surface area (Å²) in [5.41, 5.74) is 0.253. The number of hydrogen-bond donors (Lipinski definition) is 0. The van der Waals surface area contributed by atoms with E-state index in [9.17, 15) is 4.57 Å². The van der Waals surface area contributed by atoms with Crippen LogP contribution in [0.1, 0.15) is 19.3 Å². The lowest BCUT2D eigenvalue weighted by Crippen LogP contribution is -2.39. The average Bonchev–Trinajstić information content (AvgIpc) is 1.86. The van der Waals surface area contributed by atoms with Gasteiger partial charge in [-0.2, -0.15) is 0 Å². The fraction of sp³-hybridized carbons (Fsp3) is 1.00. The summed E-state index contributed by atoms with van der Waals surface area (Å²) < 4.78 is 20.4. The molecule has 56 valence electrons. The van der Waals surface area contributed by atoms with Gasteiger partial charge in [-0.05, 0) is 12.8 Å². The highest BCUT2D eigenvalue weighted by atomic mass is 31.1. The highest BCUT2D eigenvalue weighted by molar-refractivity contribution is 7.33. The summed E-state index contributed by atoms with van der Waals surface area (Å²) in [6.07, 6.45) is 3.62. The molecule has 0 radical (unpaired) electrons. The van der Waals surface area contributed by atoms with Crippen molar-refractivity contribution >= 4 is 8.25 Å². The van der Waals surface area contributed by atoms with E-state index >= 15 is 0 Å². The Morgan fingerprint density at radius 2 is 1.80 bits per heavy atom. The average molecular weight is 161 g/mol. The van der Waals surface area contributed by atoms with Crippen molar-refractivity contribution in [3.8, 4) is 0 Å². The molecule has 0 bridgehead atoms. The van der Waals surface area contributed by atoms with Crippen LogP contribution in [0.25, 0.3) is 0 Å². The Hall–Kier alpha value is 0.0200. The molecule has 1 saturated carbocycles. The molecule has 2 fully saturated rings. The van der Waals surface area contributed by atoms with Crippen molar-refractivity contribution < 1.29 is 13.6 Å². The van der Waals surface area contributed by atoms with Crippen LogP contribution in [0, 0.1) is 5.41 Å². The van der Waals surface area contributed by atoms with Crippen molar-refractivity contribution in [2.75, 3.05) is 13.2 Å². The third kappa shape index (κ3) is 0.986. The second-order valence-corrected chi connectivity index (χ2v) is 4.09. The van der Waals surface area contributed by atoms with Crippen molar-refractivity contribution in [1.82, 2.24) is 0 Å². The topological polar surface area (TPSA) is 35.5 Å². The minimum absolute atomic E-state index is 0.253. The lowest BCUT2D eigenvalue weighted by molar-refractivity contribution is -0.0276. The predicted octanol–water partition coefficient (Wildman–Crippen LogP) is 1.86. The Balaban J connectivity index is 1.96. The molecule has 0 aromatic carbocycles. The van der Waals surface area contributed by atoms with E-state index in [2.05, 4.69) is 0 Å². The summed E-state index contributed by atoms with van der Waals surface area (Å²) in [6, 6.07) is 0. The molecule has 0 aromatic heterocycles. The third-order valence-corrected chi connectivity index (χ3v) is 3.05. The molecule has 0 aromatic rings. The molecule has 10 heavy (non-hydrogen) atoms. The van der Waals surface area contributed by atoms with Crippen LogP contribution in [0.4, 0.5) is 0 Å². The van der Waals surface area contributed by atoms with Gasteiger partial charge in [0.05, 0.1) is 0 Å². The van der Waals surface area contributed by atoms with Crippen molar-refractivity contribution in [3.63, 3.8) is 0 Å². The zero-order chi connectivity index (χ0) is 7.03. The van der Waals surface area contributed by atoms with E-state index in [-0.39, 0.29) is 5.41 Å². The molecule has 1 spiro atoms. The summed E-state index contributed by atoms with van der Waals surface area (Å²) in [7, 11) is -1.77. The van der Waals surface area contributed by atoms with Crippen molar-refractivity contribution in [1.29, 1.82) is 0 Å². The Kier molecular flexibility index (Phi) is 1.52. The second kappa shape index (κ2) is 2.26. The van der Waals surface area contributed by atoms with Crippen molar-refractivity contribution in [3.05, 3.63) is 0 Å². The third-order valence-electron chi connectivity index (χ3n) is 2.37. The lowest BCUT2D eigenvalue weighted by Gasteiger charge is -2.39. The zero-order valence-electron chi connectivity index (χ0n) is 5.71. The molecular formula is C6H10O3P+. The van der Waals surface area contributed by atoms with Gasteiger partial charge in [-0.1, -0.05) is 6.42 Å². The van der Waals surface area contributed by atoms with Crippen LogP contribution in [-0.2, 0) is 13.6 Å². The van der Waals surface area contributed by atoms with Gasteiger partial charge in [0.1, 0.15) is 13.2 Å². The van der Waals surface area contributed by atoms with Crippen LogP contribution in [0.15, 0.2) is 0 Å². The Morgan fingerprint density at radius 3 is 2.20 bits per heavy atom. The Labute approximate surface area is 60.7 Å². The van der Waals surface area contributed by atoms with E-state index in [1.54, 1.807) is 0 Å². The molecule has 0 atom stereocenters. The minimum Gasteiger partial charge on any atom is -0.118 e. The first-order valence-electron chi connectivity index (χ1n) is 3.54. The van der Waals surface area contributed by atoms with Gasteiger partial charge in [0.25, 0.3) is 0 Å². The van der Waals surface area contributed by atoms with Gasteiger partial charge in [0.15, 0.2) is 0 Å². The molecular weight excluding hydrogens is 151 g/mol. The molecule has 3 nitrogen and oxygen atoms in total. The van der Waals surface area contributed by atoms with Gasteiger partial charge in [-0.3, -0.25) is 0 Å². The van der Waals surface area contributed by atoms with E-state index < -0.39 is 8.25 Å². The molecule has 0 N–H and O–H groups in total. The summed E-state index contributed by atoms with van der Waals surface area (Å²) in [5.74, 6) is 0. The minimum atomic E-state index is -1.77. The van der Waals surface area contributed by atoms with Crippen LogP contribution in [0.2, 0.25) is 0 Å². The molecule has 1 aliphatic heterocycles. The fourth-order valence-electron chi connectivity index (χ4n) is 1.42. The molecule has 2 rings (SSSR count). The summed E-state index contributed by atoms with van der Waals surface area (Å²) in [4.78, 5) is 0. The van der Waals surface area contributed by atoms with Crippen molar-refractivity contribution in [2.45, 2.75) is 19.3 Å². The first-order valence-corrected chi connectivity index (χ1v) is 4.63. The van der Waals surface area contributed by atoms with Crippen LogP contribution >= 0.6 is 8.25 Å². The first kappa shape index (κ1) is 6.71. The standard InChI is InChI=1S/C6H10O3P/c7-10-8-4-6(5-9-10)2-1-3-6/h1-5H2/q+1. The molecule has 1 saturated heterocycles. The maximum absolute atomic E-state index is 10.6. The number of hydrogen-bond acceptors (Lipinski definition) is 3. The Bertz CT molecular complexity index is 152. The Morgan fingerprint density at radius 1 is 1.20 bits per heavy atom. The quantitative estimate of drug-likeness (QED) is 0.508. The van der Waals surface area contributed by atoms with Crippen molar-refractivity contribution in [2.24, 2.45) is 5.41 Å². The SMILES string of the molecule is O=[P+]1OCC2(CCC2)CO1. The summed E-state index contributed by atoms with van der Waals surface area (Å²) in [5, 5.41) is 0. The maximum Gasteiger partial charge on any atom is 0.697 e. The van der Waals surface area contributed by atoms with Gasteiger partial charge in [-0.25, -0.2) is 0 Å². The van der Waals surface area contributed by atoms with E-state index in [1.165, 1.54) is 19.3 Å². The van der Waals surface area contributed by atoms with E-state index in [1.807, 2.05) is 0 Å². The molecule has 2 aliphatic rings. The summed E-state index contributed by atoms with van der Waals surface area (Å²) >= 11 is 0. The van der Waals surface area contributed by atoms with Crippen LogP contribution < -0.4 is 0 Å².